The van der Waals surface area contributed by atoms with Crippen LogP contribution < -0.4 is 4.74 Å². The lowest BCUT2D eigenvalue weighted by molar-refractivity contribution is 0.274. The van der Waals surface area contributed by atoms with Gasteiger partial charge >= 0.3 is 0 Å². The molecule has 0 radical (unpaired) electrons. The number of hydrogen-bond donors (Lipinski definition) is 0. The van der Waals surface area contributed by atoms with E-state index in [2.05, 4.69) is 15.9 Å². The smallest absolute Gasteiger partial charge is 0.181 e. The maximum absolute atomic E-state index is 8.57. The number of ether oxygens (including phenoxy) is 1. The van der Waals surface area contributed by atoms with Crippen LogP contribution in [0.2, 0.25) is 0 Å². The van der Waals surface area contributed by atoms with Crippen molar-refractivity contribution in [3.8, 4) is 11.8 Å². The first-order chi connectivity index (χ1) is 6.27. The summed E-state index contributed by atoms with van der Waals surface area (Å²) in [4.78, 5) is 0. The second kappa shape index (κ2) is 4.88. The van der Waals surface area contributed by atoms with Gasteiger partial charge in [0.15, 0.2) is 6.10 Å². The minimum absolute atomic E-state index is 0.403. The molecule has 0 saturated carbocycles. The summed E-state index contributed by atoms with van der Waals surface area (Å²) in [5, 5.41) is 9.31. The highest BCUT2D eigenvalue weighted by molar-refractivity contribution is 9.08. The van der Waals surface area contributed by atoms with Crippen molar-refractivity contribution in [1.82, 2.24) is 0 Å². The van der Waals surface area contributed by atoms with Crippen LogP contribution in [0.4, 0.5) is 0 Å². The third-order valence-corrected chi connectivity index (χ3v) is 2.21. The molecule has 1 aromatic rings. The first-order valence-electron chi connectivity index (χ1n) is 3.98. The molecule has 1 aromatic carbocycles. The number of nitrogens with zero attached hydrogens (tertiary/aromatic N) is 1. The van der Waals surface area contributed by atoms with Crippen molar-refractivity contribution in [1.29, 1.82) is 5.26 Å². The molecule has 0 heterocycles. The van der Waals surface area contributed by atoms with Crippen LogP contribution in [0.25, 0.3) is 0 Å². The lowest BCUT2D eigenvalue weighted by Crippen LogP contribution is -2.09. The van der Waals surface area contributed by atoms with Gasteiger partial charge in [-0.25, -0.2) is 0 Å². The van der Waals surface area contributed by atoms with E-state index in [1.54, 1.807) is 6.92 Å². The Morgan fingerprint density at radius 3 is 2.85 bits per heavy atom. The number of hydrogen-bond acceptors (Lipinski definition) is 2. The molecule has 68 valence electrons. The van der Waals surface area contributed by atoms with Gasteiger partial charge < -0.3 is 4.74 Å². The average Bonchev–Trinajstić information content (AvgIpc) is 2.18. The molecule has 0 spiro atoms. The molecule has 0 fully saturated rings. The molecule has 0 aliphatic carbocycles. The predicted molar refractivity (Wildman–Crippen MR) is 54.8 cm³/mol. The second-order valence-electron chi connectivity index (χ2n) is 2.63. The van der Waals surface area contributed by atoms with Gasteiger partial charge in [0.1, 0.15) is 11.8 Å². The molecule has 0 aliphatic heterocycles. The van der Waals surface area contributed by atoms with Crippen LogP contribution in [0.3, 0.4) is 0 Å². The van der Waals surface area contributed by atoms with Crippen LogP contribution in [0.5, 0.6) is 5.75 Å². The largest absolute Gasteiger partial charge is 0.476 e. The Bertz CT molecular complexity index is 319. The standard InChI is InChI=1S/C10H10BrNO/c1-8(7-12)13-10-5-3-2-4-9(10)6-11/h2-5,8H,6H2,1H3. The third kappa shape index (κ3) is 2.74. The summed E-state index contributed by atoms with van der Waals surface area (Å²) in [6, 6.07) is 9.70. The summed E-state index contributed by atoms with van der Waals surface area (Å²) >= 11 is 3.36. The van der Waals surface area contributed by atoms with Crippen LogP contribution in [0, 0.1) is 11.3 Å². The van der Waals surface area contributed by atoms with Gasteiger partial charge in [0, 0.05) is 10.9 Å². The maximum Gasteiger partial charge on any atom is 0.181 e. The van der Waals surface area contributed by atoms with E-state index in [9.17, 15) is 0 Å². The van der Waals surface area contributed by atoms with Crippen LogP contribution in [-0.4, -0.2) is 6.10 Å². The highest BCUT2D eigenvalue weighted by Gasteiger charge is 2.05. The normalized spacial score (nSPS) is 11.8. The topological polar surface area (TPSA) is 33.0 Å². The Morgan fingerprint density at radius 2 is 2.23 bits per heavy atom. The Kier molecular flexibility index (Phi) is 3.78. The van der Waals surface area contributed by atoms with Crippen molar-refractivity contribution in [2.45, 2.75) is 18.4 Å². The Labute approximate surface area is 86.3 Å². The van der Waals surface area contributed by atoms with Crippen molar-refractivity contribution in [3.05, 3.63) is 29.8 Å². The van der Waals surface area contributed by atoms with Crippen LogP contribution in [0.15, 0.2) is 24.3 Å². The van der Waals surface area contributed by atoms with Crippen molar-refractivity contribution in [3.63, 3.8) is 0 Å². The Morgan fingerprint density at radius 1 is 1.54 bits per heavy atom. The van der Waals surface area contributed by atoms with Crippen LogP contribution in [-0.2, 0) is 5.33 Å². The second-order valence-corrected chi connectivity index (χ2v) is 3.19. The van der Waals surface area contributed by atoms with Gasteiger partial charge in [-0.3, -0.25) is 0 Å². The van der Waals surface area contributed by atoms with Gasteiger partial charge in [0.2, 0.25) is 0 Å². The predicted octanol–water partition coefficient (Wildman–Crippen LogP) is 2.87. The number of para-hydroxylation sites is 1. The van der Waals surface area contributed by atoms with E-state index in [0.29, 0.717) is 0 Å². The van der Waals surface area contributed by atoms with Crippen LogP contribution >= 0.6 is 15.9 Å². The Hall–Kier alpha value is -1.01. The molecule has 0 aromatic heterocycles. The molecular formula is C10H10BrNO. The third-order valence-electron chi connectivity index (χ3n) is 1.60. The molecule has 1 rings (SSSR count). The van der Waals surface area contributed by atoms with Gasteiger partial charge in [0.25, 0.3) is 0 Å². The number of rotatable bonds is 3. The zero-order valence-corrected chi connectivity index (χ0v) is 8.91. The first kappa shape index (κ1) is 10.1. The van der Waals surface area contributed by atoms with Crippen molar-refractivity contribution >= 4 is 15.9 Å². The van der Waals surface area contributed by atoms with E-state index in [1.165, 1.54) is 0 Å². The van der Waals surface area contributed by atoms with Gasteiger partial charge in [0.05, 0.1) is 0 Å². The molecule has 0 saturated heterocycles. The molecule has 13 heavy (non-hydrogen) atoms. The number of benzene rings is 1. The van der Waals surface area contributed by atoms with Crippen molar-refractivity contribution in [2.24, 2.45) is 0 Å². The van der Waals surface area contributed by atoms with Gasteiger partial charge in [-0.15, -0.1) is 0 Å². The highest BCUT2D eigenvalue weighted by atomic mass is 79.9. The zero-order valence-electron chi connectivity index (χ0n) is 7.33. The molecule has 0 aliphatic rings. The lowest BCUT2D eigenvalue weighted by atomic mass is 10.2. The first-order valence-corrected chi connectivity index (χ1v) is 5.10. The minimum Gasteiger partial charge on any atom is -0.476 e. The van der Waals surface area contributed by atoms with E-state index >= 15 is 0 Å². The summed E-state index contributed by atoms with van der Waals surface area (Å²) in [5.41, 5.74) is 1.06. The quantitative estimate of drug-likeness (QED) is 0.761. The lowest BCUT2D eigenvalue weighted by Gasteiger charge is -2.10. The fourth-order valence-electron chi connectivity index (χ4n) is 0.946. The molecule has 0 N–H and O–H groups in total. The zero-order chi connectivity index (χ0) is 9.68. The molecule has 2 nitrogen and oxygen atoms in total. The molecule has 1 unspecified atom stereocenters. The molecule has 0 bridgehead atoms. The summed E-state index contributed by atoms with van der Waals surface area (Å²) in [6.07, 6.45) is -0.403. The van der Waals surface area contributed by atoms with Gasteiger partial charge in [-0.1, -0.05) is 34.1 Å². The fourth-order valence-corrected chi connectivity index (χ4v) is 1.41. The summed E-state index contributed by atoms with van der Waals surface area (Å²) in [5.74, 6) is 0.772. The average molecular weight is 240 g/mol. The van der Waals surface area contributed by atoms with Crippen molar-refractivity contribution in [2.75, 3.05) is 0 Å². The number of halogens is 1. The van der Waals surface area contributed by atoms with E-state index < -0.39 is 6.10 Å². The summed E-state index contributed by atoms with van der Waals surface area (Å²) in [7, 11) is 0. The molecule has 0 amide bonds. The van der Waals surface area contributed by atoms with E-state index in [0.717, 1.165) is 16.6 Å². The minimum atomic E-state index is -0.403. The summed E-state index contributed by atoms with van der Waals surface area (Å²) in [6.45, 7) is 1.73. The number of nitriles is 1. The van der Waals surface area contributed by atoms with E-state index in [-0.39, 0.29) is 0 Å². The van der Waals surface area contributed by atoms with Gasteiger partial charge in [-0.05, 0) is 13.0 Å². The monoisotopic (exact) mass is 239 g/mol. The highest BCUT2D eigenvalue weighted by Crippen LogP contribution is 2.21. The van der Waals surface area contributed by atoms with E-state index in [4.69, 9.17) is 10.00 Å². The number of alkyl halides is 1. The SMILES string of the molecule is CC(C#N)Oc1ccccc1CBr. The summed E-state index contributed by atoms with van der Waals surface area (Å²) < 4.78 is 5.39. The van der Waals surface area contributed by atoms with Crippen LogP contribution in [0.1, 0.15) is 12.5 Å². The maximum atomic E-state index is 8.57. The molecule has 1 atom stereocenters. The molecular weight excluding hydrogens is 230 g/mol. The molecule has 3 heteroatoms. The van der Waals surface area contributed by atoms with Gasteiger partial charge in [-0.2, -0.15) is 5.26 Å². The fraction of sp³-hybridized carbons (Fsp3) is 0.300. The van der Waals surface area contributed by atoms with E-state index in [1.807, 2.05) is 30.3 Å². The Balaban J connectivity index is 2.82. The van der Waals surface area contributed by atoms with Crippen molar-refractivity contribution < 1.29 is 4.74 Å².